The van der Waals surface area contributed by atoms with Crippen LogP contribution < -0.4 is 10.9 Å². The van der Waals surface area contributed by atoms with E-state index in [1.165, 1.54) is 10.7 Å². The molecule has 0 unspecified atom stereocenters. The van der Waals surface area contributed by atoms with Crippen molar-refractivity contribution < 1.29 is 4.79 Å². The van der Waals surface area contributed by atoms with Crippen LogP contribution >= 0.6 is 11.6 Å². The zero-order chi connectivity index (χ0) is 11.6. The molecule has 0 bridgehead atoms. The Morgan fingerprint density at radius 2 is 2.13 bits per heavy atom. The molecule has 1 aromatic heterocycles. The van der Waals surface area contributed by atoms with E-state index in [1.54, 1.807) is 7.05 Å². The van der Waals surface area contributed by atoms with E-state index in [4.69, 9.17) is 11.6 Å². The van der Waals surface area contributed by atoms with Crippen molar-refractivity contribution in [2.45, 2.75) is 26.3 Å². The van der Waals surface area contributed by atoms with Gasteiger partial charge in [-0.25, -0.2) is 5.43 Å². The van der Waals surface area contributed by atoms with Gasteiger partial charge in [0, 0.05) is 18.7 Å². The minimum absolute atomic E-state index is 0.182. The van der Waals surface area contributed by atoms with Crippen molar-refractivity contribution in [1.29, 1.82) is 0 Å². The van der Waals surface area contributed by atoms with Gasteiger partial charge in [0.05, 0.1) is 0 Å². The first kappa shape index (κ1) is 12.0. The first-order valence-electron chi connectivity index (χ1n) is 4.56. The SMILES string of the molecule is Cn1nc(Cl)cc1C(=O)NNC(C)(C)C. The lowest BCUT2D eigenvalue weighted by atomic mass is 10.1. The zero-order valence-corrected chi connectivity index (χ0v) is 10.0. The van der Waals surface area contributed by atoms with Gasteiger partial charge in [0.15, 0.2) is 5.15 Å². The van der Waals surface area contributed by atoms with Gasteiger partial charge >= 0.3 is 0 Å². The van der Waals surface area contributed by atoms with Crippen LogP contribution in [-0.4, -0.2) is 21.2 Å². The van der Waals surface area contributed by atoms with Crippen molar-refractivity contribution in [2.24, 2.45) is 7.05 Å². The monoisotopic (exact) mass is 230 g/mol. The summed E-state index contributed by atoms with van der Waals surface area (Å²) in [5, 5.41) is 4.17. The largest absolute Gasteiger partial charge is 0.286 e. The highest BCUT2D eigenvalue weighted by Crippen LogP contribution is 2.08. The summed E-state index contributed by atoms with van der Waals surface area (Å²) in [5.74, 6) is -0.258. The Kier molecular flexibility index (Phi) is 3.36. The van der Waals surface area contributed by atoms with Crippen LogP contribution in [0.5, 0.6) is 0 Å². The number of carbonyl (C=O) groups is 1. The van der Waals surface area contributed by atoms with Crippen LogP contribution in [0.2, 0.25) is 5.15 Å². The normalized spacial score (nSPS) is 11.5. The van der Waals surface area contributed by atoms with Gasteiger partial charge in [0.2, 0.25) is 0 Å². The maximum atomic E-state index is 11.6. The third-order valence-electron chi connectivity index (χ3n) is 1.63. The minimum Gasteiger partial charge on any atom is -0.286 e. The summed E-state index contributed by atoms with van der Waals surface area (Å²) in [5.41, 5.74) is 5.69. The van der Waals surface area contributed by atoms with E-state index in [9.17, 15) is 4.79 Å². The summed E-state index contributed by atoms with van der Waals surface area (Å²) >= 11 is 5.67. The molecule has 0 aromatic carbocycles. The van der Waals surface area contributed by atoms with Crippen molar-refractivity contribution in [3.63, 3.8) is 0 Å². The number of hydrogen-bond donors (Lipinski definition) is 2. The second kappa shape index (κ2) is 4.20. The van der Waals surface area contributed by atoms with E-state index in [0.717, 1.165) is 0 Å². The fourth-order valence-corrected chi connectivity index (χ4v) is 1.17. The molecule has 0 fully saturated rings. The first-order valence-corrected chi connectivity index (χ1v) is 4.94. The molecule has 1 heterocycles. The lowest BCUT2D eigenvalue weighted by molar-refractivity contribution is 0.0904. The van der Waals surface area contributed by atoms with Gasteiger partial charge in [0.1, 0.15) is 5.69 Å². The Balaban J connectivity index is 2.66. The molecule has 0 aliphatic carbocycles. The number of hydrogen-bond acceptors (Lipinski definition) is 3. The quantitative estimate of drug-likeness (QED) is 0.749. The smallest absolute Gasteiger partial charge is 0.283 e. The maximum Gasteiger partial charge on any atom is 0.283 e. The summed E-state index contributed by atoms with van der Waals surface area (Å²) in [7, 11) is 1.66. The van der Waals surface area contributed by atoms with Gasteiger partial charge in [0.25, 0.3) is 5.91 Å². The standard InChI is InChI=1S/C9H15ClN4O/c1-9(2,3)13-11-8(15)6-5-7(10)12-14(6)4/h5,13H,1-4H3,(H,11,15). The van der Waals surface area contributed by atoms with Crippen molar-refractivity contribution in [3.8, 4) is 0 Å². The Morgan fingerprint density at radius 1 is 1.53 bits per heavy atom. The molecule has 84 valence electrons. The van der Waals surface area contributed by atoms with E-state index in [0.29, 0.717) is 10.8 Å². The average molecular weight is 231 g/mol. The molecule has 0 spiro atoms. The predicted octanol–water partition coefficient (Wildman–Crippen LogP) is 1.11. The van der Waals surface area contributed by atoms with Gasteiger partial charge in [-0.2, -0.15) is 5.10 Å². The number of amides is 1. The molecule has 0 saturated heterocycles. The molecule has 0 saturated carbocycles. The highest BCUT2D eigenvalue weighted by molar-refractivity contribution is 6.29. The van der Waals surface area contributed by atoms with Crippen molar-refractivity contribution >= 4 is 17.5 Å². The maximum absolute atomic E-state index is 11.6. The van der Waals surface area contributed by atoms with Crippen molar-refractivity contribution in [1.82, 2.24) is 20.6 Å². The number of carbonyl (C=O) groups excluding carboxylic acids is 1. The summed E-state index contributed by atoms with van der Waals surface area (Å²) in [6, 6.07) is 1.52. The lowest BCUT2D eigenvalue weighted by Crippen LogP contribution is -2.49. The van der Waals surface area contributed by atoms with Crippen LogP contribution in [0.25, 0.3) is 0 Å². The van der Waals surface area contributed by atoms with Gasteiger partial charge in [-0.15, -0.1) is 0 Å². The van der Waals surface area contributed by atoms with Crippen LogP contribution in [0.4, 0.5) is 0 Å². The number of aromatic nitrogens is 2. The summed E-state index contributed by atoms with van der Waals surface area (Å²) in [6.07, 6.45) is 0. The Morgan fingerprint density at radius 3 is 2.53 bits per heavy atom. The number of hydrazine groups is 1. The fraction of sp³-hybridized carbons (Fsp3) is 0.556. The van der Waals surface area contributed by atoms with E-state index < -0.39 is 0 Å². The molecule has 0 aliphatic rings. The highest BCUT2D eigenvalue weighted by atomic mass is 35.5. The summed E-state index contributed by atoms with van der Waals surface area (Å²) in [4.78, 5) is 11.6. The molecule has 6 heteroatoms. The predicted molar refractivity (Wildman–Crippen MR) is 58.6 cm³/mol. The third-order valence-corrected chi connectivity index (χ3v) is 1.82. The molecule has 1 rings (SSSR count). The topological polar surface area (TPSA) is 59.0 Å². The van der Waals surface area contributed by atoms with Gasteiger partial charge in [-0.1, -0.05) is 11.6 Å². The molecule has 0 atom stereocenters. The van der Waals surface area contributed by atoms with Crippen LogP contribution in [-0.2, 0) is 7.05 Å². The molecule has 15 heavy (non-hydrogen) atoms. The number of nitrogens with one attached hydrogen (secondary N) is 2. The Bertz CT molecular complexity index is 367. The van der Waals surface area contributed by atoms with Crippen molar-refractivity contribution in [2.75, 3.05) is 0 Å². The number of halogens is 1. The van der Waals surface area contributed by atoms with E-state index in [1.807, 2.05) is 20.8 Å². The molecule has 5 nitrogen and oxygen atoms in total. The van der Waals surface area contributed by atoms with Gasteiger partial charge < -0.3 is 0 Å². The second-order valence-electron chi connectivity index (χ2n) is 4.31. The number of aryl methyl sites for hydroxylation is 1. The Hall–Kier alpha value is -1.07. The van der Waals surface area contributed by atoms with Crippen LogP contribution in [0.15, 0.2) is 6.07 Å². The number of nitrogens with zero attached hydrogens (tertiary/aromatic N) is 2. The summed E-state index contributed by atoms with van der Waals surface area (Å²) in [6.45, 7) is 5.84. The lowest BCUT2D eigenvalue weighted by Gasteiger charge is -2.20. The van der Waals surface area contributed by atoms with Gasteiger partial charge in [-0.3, -0.25) is 14.9 Å². The number of rotatable bonds is 2. The first-order chi connectivity index (χ1) is 6.79. The van der Waals surface area contributed by atoms with E-state index >= 15 is 0 Å². The Labute approximate surface area is 93.8 Å². The van der Waals surface area contributed by atoms with Gasteiger partial charge in [-0.05, 0) is 20.8 Å². The minimum atomic E-state index is -0.258. The van der Waals surface area contributed by atoms with E-state index in [2.05, 4.69) is 16.0 Å². The zero-order valence-electron chi connectivity index (χ0n) is 9.26. The van der Waals surface area contributed by atoms with Crippen molar-refractivity contribution in [3.05, 3.63) is 16.9 Å². The molecular formula is C9H15ClN4O. The molecule has 1 amide bonds. The average Bonchev–Trinajstić information content (AvgIpc) is 2.40. The molecule has 0 aliphatic heterocycles. The third kappa shape index (κ3) is 3.53. The molecule has 1 aromatic rings. The highest BCUT2D eigenvalue weighted by Gasteiger charge is 2.15. The van der Waals surface area contributed by atoms with Crippen LogP contribution in [0, 0.1) is 0 Å². The van der Waals surface area contributed by atoms with Crippen LogP contribution in [0.3, 0.4) is 0 Å². The van der Waals surface area contributed by atoms with Crippen LogP contribution in [0.1, 0.15) is 31.3 Å². The summed E-state index contributed by atoms with van der Waals surface area (Å²) < 4.78 is 1.43. The second-order valence-corrected chi connectivity index (χ2v) is 4.69. The molecule has 0 radical (unpaired) electrons. The molecule has 2 N–H and O–H groups in total. The molecular weight excluding hydrogens is 216 g/mol. The van der Waals surface area contributed by atoms with E-state index in [-0.39, 0.29) is 11.4 Å². The fourth-order valence-electron chi connectivity index (χ4n) is 0.953.